The Balaban J connectivity index is 1.75. The van der Waals surface area contributed by atoms with E-state index in [0.717, 1.165) is 0 Å². The molecule has 1 aromatic rings. The van der Waals surface area contributed by atoms with E-state index in [2.05, 4.69) is 5.32 Å². The lowest BCUT2D eigenvalue weighted by atomic mass is 10.1. The minimum atomic E-state index is -4.33. The minimum absolute atomic E-state index is 0.0606. The first-order valence-electron chi connectivity index (χ1n) is 6.61. The van der Waals surface area contributed by atoms with Gasteiger partial charge in [-0.05, 0) is 24.0 Å². The molecule has 0 aliphatic heterocycles. The Hall–Kier alpha value is -1.37. The molecule has 1 aromatic carbocycles. The van der Waals surface area contributed by atoms with Crippen LogP contribution in [0.15, 0.2) is 24.3 Å². The molecule has 0 saturated carbocycles. The van der Waals surface area contributed by atoms with E-state index in [9.17, 15) is 22.2 Å². The van der Waals surface area contributed by atoms with Crippen LogP contribution in [0.3, 0.4) is 0 Å². The highest BCUT2D eigenvalue weighted by atomic mass is 32.2. The number of hydrogen-bond acceptors (Lipinski definition) is 2. The second-order valence-corrected chi connectivity index (χ2v) is 6.67. The Morgan fingerprint density at radius 1 is 1.24 bits per heavy atom. The van der Waals surface area contributed by atoms with E-state index in [1.807, 2.05) is 24.3 Å². The van der Waals surface area contributed by atoms with E-state index >= 15 is 0 Å². The molecule has 0 bridgehead atoms. The van der Waals surface area contributed by atoms with Gasteiger partial charge in [-0.2, -0.15) is 13.2 Å². The zero-order chi connectivity index (χ0) is 15.5. The van der Waals surface area contributed by atoms with Crippen molar-refractivity contribution >= 4 is 16.7 Å². The number of carbonyl (C=O) groups is 1. The zero-order valence-corrected chi connectivity index (χ0v) is 12.1. The number of nitrogens with one attached hydrogen (secondary N) is 1. The van der Waals surface area contributed by atoms with Crippen LogP contribution in [0.25, 0.3) is 0 Å². The van der Waals surface area contributed by atoms with Crippen molar-refractivity contribution < 1.29 is 22.2 Å². The Kier molecular flexibility index (Phi) is 5.03. The van der Waals surface area contributed by atoms with Gasteiger partial charge in [0.25, 0.3) is 0 Å². The summed E-state index contributed by atoms with van der Waals surface area (Å²) in [6, 6.07) is 7.77. The van der Waals surface area contributed by atoms with Crippen LogP contribution in [-0.2, 0) is 28.4 Å². The van der Waals surface area contributed by atoms with Crippen molar-refractivity contribution in [3.63, 3.8) is 0 Å². The molecule has 1 unspecified atom stereocenters. The molecule has 1 aliphatic rings. The number of fused-ring (bicyclic) bond motifs is 1. The Morgan fingerprint density at radius 3 is 2.33 bits per heavy atom. The average molecular weight is 319 g/mol. The largest absolute Gasteiger partial charge is 0.390 e. The first-order chi connectivity index (χ1) is 9.83. The molecule has 2 rings (SSSR count). The molecule has 0 heterocycles. The Labute approximate surface area is 123 Å². The topological polar surface area (TPSA) is 46.2 Å². The van der Waals surface area contributed by atoms with Gasteiger partial charge in [-0.1, -0.05) is 24.3 Å². The third-order valence-electron chi connectivity index (χ3n) is 3.32. The van der Waals surface area contributed by atoms with Crippen LogP contribution in [0, 0.1) is 0 Å². The second kappa shape index (κ2) is 6.60. The summed E-state index contributed by atoms with van der Waals surface area (Å²) in [5.74, 6) is -1.35. The summed E-state index contributed by atoms with van der Waals surface area (Å²) in [6.45, 7) is 0. The van der Waals surface area contributed by atoms with Crippen LogP contribution in [0.4, 0.5) is 13.2 Å². The number of alkyl halides is 3. The second-order valence-electron chi connectivity index (χ2n) is 5.09. The number of amides is 1. The van der Waals surface area contributed by atoms with Gasteiger partial charge in [0.2, 0.25) is 5.91 Å². The maximum absolute atomic E-state index is 12.0. The lowest BCUT2D eigenvalue weighted by Gasteiger charge is -2.12. The first kappa shape index (κ1) is 16.0. The summed E-state index contributed by atoms with van der Waals surface area (Å²) in [5, 5.41) is 2.74. The number of hydrogen-bond donors (Lipinski definition) is 1. The number of benzene rings is 1. The van der Waals surface area contributed by atoms with Crippen molar-refractivity contribution in [2.75, 3.05) is 11.5 Å². The van der Waals surface area contributed by atoms with Crippen LogP contribution in [-0.4, -0.2) is 33.8 Å². The molecule has 0 fully saturated rings. The van der Waals surface area contributed by atoms with Gasteiger partial charge in [0.05, 0.1) is 6.42 Å². The maximum Gasteiger partial charge on any atom is 0.390 e. The van der Waals surface area contributed by atoms with Gasteiger partial charge in [-0.3, -0.25) is 9.00 Å². The van der Waals surface area contributed by atoms with E-state index in [1.165, 1.54) is 11.1 Å². The predicted molar refractivity (Wildman–Crippen MR) is 74.3 cm³/mol. The lowest BCUT2D eigenvalue weighted by Crippen LogP contribution is -2.38. The predicted octanol–water partition coefficient (Wildman–Crippen LogP) is 1.97. The molecule has 1 aliphatic carbocycles. The fraction of sp³-hybridized carbons (Fsp3) is 0.500. The van der Waals surface area contributed by atoms with Gasteiger partial charge in [0.1, 0.15) is 5.75 Å². The van der Waals surface area contributed by atoms with Crippen molar-refractivity contribution in [3.8, 4) is 0 Å². The molecule has 21 heavy (non-hydrogen) atoms. The fourth-order valence-corrected chi connectivity index (χ4v) is 3.36. The number of carbonyl (C=O) groups excluding carboxylic acids is 1. The highest BCUT2D eigenvalue weighted by molar-refractivity contribution is 7.85. The van der Waals surface area contributed by atoms with Crippen molar-refractivity contribution in [3.05, 3.63) is 35.4 Å². The highest BCUT2D eigenvalue weighted by Gasteiger charge is 2.28. The molecule has 1 amide bonds. The normalized spacial score (nSPS) is 16.5. The number of halogens is 3. The summed E-state index contributed by atoms with van der Waals surface area (Å²) >= 11 is 0. The van der Waals surface area contributed by atoms with E-state index < -0.39 is 35.1 Å². The summed E-state index contributed by atoms with van der Waals surface area (Å²) in [7, 11) is -1.78. The molecule has 0 aromatic heterocycles. The monoisotopic (exact) mass is 319 g/mol. The molecule has 7 heteroatoms. The third-order valence-corrected chi connectivity index (χ3v) is 4.57. The molecule has 1 atom stereocenters. The van der Waals surface area contributed by atoms with E-state index in [4.69, 9.17) is 0 Å². The molecule has 0 radical (unpaired) electrons. The third kappa shape index (κ3) is 5.15. The molecule has 0 saturated heterocycles. The molecule has 3 nitrogen and oxygen atoms in total. The van der Waals surface area contributed by atoms with Crippen LogP contribution in [0.2, 0.25) is 0 Å². The van der Waals surface area contributed by atoms with Gasteiger partial charge < -0.3 is 5.32 Å². The van der Waals surface area contributed by atoms with Gasteiger partial charge in [-0.15, -0.1) is 0 Å². The van der Waals surface area contributed by atoms with Gasteiger partial charge in [-0.25, -0.2) is 0 Å². The minimum Gasteiger partial charge on any atom is -0.352 e. The Morgan fingerprint density at radius 2 is 1.81 bits per heavy atom. The molecule has 116 valence electrons. The quantitative estimate of drug-likeness (QED) is 0.902. The van der Waals surface area contributed by atoms with Crippen LogP contribution in [0.1, 0.15) is 17.5 Å². The smallest absolute Gasteiger partial charge is 0.352 e. The summed E-state index contributed by atoms with van der Waals surface area (Å²) in [6.07, 6.45) is -4.05. The maximum atomic E-state index is 12.0. The molecule has 0 spiro atoms. The van der Waals surface area contributed by atoms with E-state index in [-0.39, 0.29) is 11.8 Å². The fourth-order valence-electron chi connectivity index (χ4n) is 2.38. The summed E-state index contributed by atoms with van der Waals surface area (Å²) in [5.41, 5.74) is 2.34. The van der Waals surface area contributed by atoms with Crippen molar-refractivity contribution in [1.82, 2.24) is 5.32 Å². The average Bonchev–Trinajstić information content (AvgIpc) is 2.77. The van der Waals surface area contributed by atoms with Crippen LogP contribution >= 0.6 is 0 Å². The van der Waals surface area contributed by atoms with Gasteiger partial charge in [0, 0.05) is 22.6 Å². The summed E-state index contributed by atoms with van der Waals surface area (Å²) < 4.78 is 47.4. The first-order valence-corrected chi connectivity index (χ1v) is 8.10. The molecule has 1 N–H and O–H groups in total. The standard InChI is InChI=1S/C14H16F3NO2S/c15-14(16,17)5-6-21(20)9-13(19)18-12-7-10-3-1-2-4-11(10)8-12/h1-4,12H,5-9H2,(H,18,19). The van der Waals surface area contributed by atoms with Gasteiger partial charge in [0.15, 0.2) is 0 Å². The number of rotatable bonds is 5. The molecular formula is C14H16F3NO2S. The zero-order valence-electron chi connectivity index (χ0n) is 11.3. The Bertz CT molecular complexity index is 520. The lowest BCUT2D eigenvalue weighted by molar-refractivity contribution is -0.130. The van der Waals surface area contributed by atoms with Gasteiger partial charge >= 0.3 is 6.18 Å². The van der Waals surface area contributed by atoms with Crippen LogP contribution in [0.5, 0.6) is 0 Å². The van der Waals surface area contributed by atoms with Crippen molar-refractivity contribution in [2.24, 2.45) is 0 Å². The summed E-state index contributed by atoms with van der Waals surface area (Å²) in [4.78, 5) is 11.7. The van der Waals surface area contributed by atoms with E-state index in [1.54, 1.807) is 0 Å². The van der Waals surface area contributed by atoms with E-state index in [0.29, 0.717) is 12.8 Å². The van der Waals surface area contributed by atoms with Crippen molar-refractivity contribution in [2.45, 2.75) is 31.5 Å². The van der Waals surface area contributed by atoms with Crippen molar-refractivity contribution in [1.29, 1.82) is 0 Å². The van der Waals surface area contributed by atoms with Crippen LogP contribution < -0.4 is 5.32 Å². The highest BCUT2D eigenvalue weighted by Crippen LogP contribution is 2.22. The SMILES string of the molecule is O=C(CS(=O)CCC(F)(F)F)NC1Cc2ccccc2C1. The molecular weight excluding hydrogens is 303 g/mol.